The van der Waals surface area contributed by atoms with Gasteiger partial charge in [0.05, 0.1) is 13.2 Å². The van der Waals surface area contributed by atoms with Gasteiger partial charge in [-0.2, -0.15) is 0 Å². The molecule has 1 unspecified atom stereocenters. The minimum atomic E-state index is -0.153. The molecule has 6 heteroatoms. The summed E-state index contributed by atoms with van der Waals surface area (Å²) in [5.41, 5.74) is 1.21. The van der Waals surface area contributed by atoms with Gasteiger partial charge in [0.1, 0.15) is 0 Å². The van der Waals surface area contributed by atoms with Gasteiger partial charge in [-0.25, -0.2) is 0 Å². The molecular formula is C19H27N3O3. The molecule has 3 heterocycles. The summed E-state index contributed by atoms with van der Waals surface area (Å²) in [6, 6.07) is 3.92. The number of rotatable bonds is 5. The molecule has 1 aromatic rings. The van der Waals surface area contributed by atoms with Crippen LogP contribution in [-0.2, 0) is 20.9 Å². The molecule has 0 N–H and O–H groups in total. The average Bonchev–Trinajstić information content (AvgIpc) is 2.60. The largest absolute Gasteiger partial charge is 0.465 e. The van der Waals surface area contributed by atoms with E-state index in [-0.39, 0.29) is 17.3 Å². The number of hydrogen-bond donors (Lipinski definition) is 0. The van der Waals surface area contributed by atoms with Crippen LogP contribution in [0.5, 0.6) is 0 Å². The van der Waals surface area contributed by atoms with Gasteiger partial charge in [0, 0.05) is 43.9 Å². The van der Waals surface area contributed by atoms with Crippen LogP contribution in [0, 0.1) is 5.41 Å². The molecule has 6 nitrogen and oxygen atoms in total. The Bertz CT molecular complexity index is 607. The van der Waals surface area contributed by atoms with E-state index >= 15 is 0 Å². The molecule has 25 heavy (non-hydrogen) atoms. The van der Waals surface area contributed by atoms with Crippen LogP contribution < -0.4 is 0 Å². The first-order valence-corrected chi connectivity index (χ1v) is 9.15. The third kappa shape index (κ3) is 4.57. The fraction of sp³-hybridized carbons (Fsp3) is 0.632. The van der Waals surface area contributed by atoms with Gasteiger partial charge >= 0.3 is 5.97 Å². The number of carbonyl (C=O) groups is 2. The second-order valence-corrected chi connectivity index (χ2v) is 7.22. The molecule has 0 radical (unpaired) electrons. The maximum atomic E-state index is 12.4. The van der Waals surface area contributed by atoms with Crippen LogP contribution in [0.15, 0.2) is 24.5 Å². The number of hydrogen-bond acceptors (Lipinski definition) is 5. The summed E-state index contributed by atoms with van der Waals surface area (Å²) >= 11 is 0. The summed E-state index contributed by atoms with van der Waals surface area (Å²) in [6.07, 6.45) is 7.22. The van der Waals surface area contributed by atoms with Crippen molar-refractivity contribution in [1.29, 1.82) is 0 Å². The Labute approximate surface area is 149 Å². The average molecular weight is 345 g/mol. The van der Waals surface area contributed by atoms with Crippen molar-refractivity contribution in [3.8, 4) is 0 Å². The highest BCUT2D eigenvalue weighted by atomic mass is 16.5. The van der Waals surface area contributed by atoms with E-state index in [0.29, 0.717) is 26.1 Å². The van der Waals surface area contributed by atoms with E-state index in [0.717, 1.165) is 44.5 Å². The predicted octanol–water partition coefficient (Wildman–Crippen LogP) is 1.85. The lowest BCUT2D eigenvalue weighted by Gasteiger charge is -2.48. The smallest absolute Gasteiger partial charge is 0.320 e. The van der Waals surface area contributed by atoms with Crippen molar-refractivity contribution in [3.05, 3.63) is 30.1 Å². The number of aromatic nitrogens is 1. The molecule has 1 spiro atoms. The number of likely N-dealkylation sites (tertiary alicyclic amines) is 2. The van der Waals surface area contributed by atoms with Crippen molar-refractivity contribution >= 4 is 11.9 Å². The molecule has 0 saturated carbocycles. The number of nitrogens with zero attached hydrogens (tertiary/aromatic N) is 3. The zero-order chi connectivity index (χ0) is 17.7. The van der Waals surface area contributed by atoms with Crippen LogP contribution in [0.25, 0.3) is 0 Å². The lowest BCUT2D eigenvalue weighted by Crippen LogP contribution is -2.54. The fourth-order valence-electron chi connectivity index (χ4n) is 4.12. The van der Waals surface area contributed by atoms with Gasteiger partial charge in [-0.05, 0) is 50.4 Å². The quantitative estimate of drug-likeness (QED) is 0.762. The first kappa shape index (κ1) is 17.9. The summed E-state index contributed by atoms with van der Waals surface area (Å²) in [5, 5.41) is 0. The monoisotopic (exact) mass is 345 g/mol. The molecule has 1 atom stereocenters. The highest BCUT2D eigenvalue weighted by Crippen LogP contribution is 2.39. The highest BCUT2D eigenvalue weighted by molar-refractivity contribution is 5.77. The normalized spacial score (nSPS) is 24.5. The summed E-state index contributed by atoms with van der Waals surface area (Å²) in [7, 11) is 0. The molecule has 2 aliphatic rings. The summed E-state index contributed by atoms with van der Waals surface area (Å²) in [5.74, 6) is 0.0741. The number of piperidine rings is 2. The molecule has 1 aromatic heterocycles. The van der Waals surface area contributed by atoms with Gasteiger partial charge in [-0.1, -0.05) is 0 Å². The lowest BCUT2D eigenvalue weighted by molar-refractivity contribution is -0.147. The van der Waals surface area contributed by atoms with E-state index in [1.54, 1.807) is 12.4 Å². The Morgan fingerprint density at radius 3 is 2.84 bits per heavy atom. The van der Waals surface area contributed by atoms with E-state index in [2.05, 4.69) is 9.88 Å². The van der Waals surface area contributed by atoms with Crippen LogP contribution in [0.3, 0.4) is 0 Å². The number of carbonyl (C=O) groups excluding carboxylic acids is 2. The first-order chi connectivity index (χ1) is 12.1. The van der Waals surface area contributed by atoms with Gasteiger partial charge in [-0.15, -0.1) is 0 Å². The minimum Gasteiger partial charge on any atom is -0.465 e. The Hall–Kier alpha value is -1.95. The third-order valence-corrected chi connectivity index (χ3v) is 5.27. The Balaban J connectivity index is 1.64. The van der Waals surface area contributed by atoms with Crippen molar-refractivity contribution in [2.45, 2.75) is 39.2 Å². The minimum absolute atomic E-state index is 0.103. The SMILES string of the molecule is CCOC(=O)CN1CCCC2(CCC(=O)N(Cc3ccncc3)C2)C1. The highest BCUT2D eigenvalue weighted by Gasteiger charge is 2.41. The predicted molar refractivity (Wildman–Crippen MR) is 93.6 cm³/mol. The third-order valence-electron chi connectivity index (χ3n) is 5.27. The molecule has 0 aliphatic carbocycles. The molecule has 0 aromatic carbocycles. The van der Waals surface area contributed by atoms with Crippen LogP contribution in [0.1, 0.15) is 38.2 Å². The maximum absolute atomic E-state index is 12.4. The molecule has 0 bridgehead atoms. The van der Waals surface area contributed by atoms with Crippen LogP contribution in [0.2, 0.25) is 0 Å². The Kier molecular flexibility index (Phi) is 5.68. The molecule has 136 valence electrons. The molecule has 2 saturated heterocycles. The van der Waals surface area contributed by atoms with E-state index in [4.69, 9.17) is 4.74 Å². The molecule has 3 rings (SSSR count). The van der Waals surface area contributed by atoms with E-state index in [1.165, 1.54) is 0 Å². The number of amides is 1. The van der Waals surface area contributed by atoms with Gasteiger partial charge in [-0.3, -0.25) is 19.5 Å². The summed E-state index contributed by atoms with van der Waals surface area (Å²) in [6.45, 7) is 5.82. The molecule has 2 aliphatic heterocycles. The number of pyridine rings is 1. The van der Waals surface area contributed by atoms with Crippen molar-refractivity contribution in [1.82, 2.24) is 14.8 Å². The maximum Gasteiger partial charge on any atom is 0.320 e. The first-order valence-electron chi connectivity index (χ1n) is 9.15. The fourth-order valence-corrected chi connectivity index (χ4v) is 4.12. The Morgan fingerprint density at radius 2 is 2.08 bits per heavy atom. The molecular weight excluding hydrogens is 318 g/mol. The van der Waals surface area contributed by atoms with Crippen molar-refractivity contribution in [3.63, 3.8) is 0 Å². The second kappa shape index (κ2) is 7.95. The second-order valence-electron chi connectivity index (χ2n) is 7.22. The Morgan fingerprint density at radius 1 is 1.28 bits per heavy atom. The summed E-state index contributed by atoms with van der Waals surface area (Å²) in [4.78, 5) is 32.4. The van der Waals surface area contributed by atoms with Crippen molar-refractivity contribution in [2.75, 3.05) is 32.8 Å². The van der Waals surface area contributed by atoms with E-state index < -0.39 is 0 Å². The van der Waals surface area contributed by atoms with Gasteiger partial charge in [0.25, 0.3) is 0 Å². The van der Waals surface area contributed by atoms with Gasteiger partial charge in [0.2, 0.25) is 5.91 Å². The lowest BCUT2D eigenvalue weighted by atomic mass is 9.73. The van der Waals surface area contributed by atoms with E-state index in [9.17, 15) is 9.59 Å². The molecule has 2 fully saturated rings. The summed E-state index contributed by atoms with van der Waals surface area (Å²) < 4.78 is 5.09. The van der Waals surface area contributed by atoms with Crippen molar-refractivity contribution < 1.29 is 14.3 Å². The molecule has 1 amide bonds. The van der Waals surface area contributed by atoms with Gasteiger partial charge in [0.15, 0.2) is 0 Å². The zero-order valence-electron chi connectivity index (χ0n) is 14.9. The van der Waals surface area contributed by atoms with Crippen LogP contribution in [0.4, 0.5) is 0 Å². The number of ether oxygens (including phenoxy) is 1. The van der Waals surface area contributed by atoms with Crippen LogP contribution in [-0.4, -0.2) is 59.4 Å². The zero-order valence-corrected chi connectivity index (χ0v) is 14.9. The van der Waals surface area contributed by atoms with Gasteiger partial charge < -0.3 is 9.64 Å². The van der Waals surface area contributed by atoms with Crippen LogP contribution >= 0.6 is 0 Å². The number of esters is 1. The standard InChI is InChI=1S/C19H27N3O3/c1-2-25-18(24)13-21-11-3-7-19(14-21)8-4-17(23)22(15-19)12-16-5-9-20-10-6-16/h5-6,9-10H,2-4,7-8,11-15H2,1H3. The topological polar surface area (TPSA) is 62.7 Å². The van der Waals surface area contributed by atoms with Crippen molar-refractivity contribution in [2.24, 2.45) is 5.41 Å². The van der Waals surface area contributed by atoms with E-state index in [1.807, 2.05) is 24.0 Å².